The molecule has 0 bridgehead atoms. The Morgan fingerprint density at radius 3 is 2.94 bits per heavy atom. The average molecular weight is 236 g/mol. The molecule has 0 aliphatic carbocycles. The molecule has 0 saturated carbocycles. The first-order valence-electron chi connectivity index (χ1n) is 4.66. The molecule has 17 heavy (non-hydrogen) atoms. The largest absolute Gasteiger partial charge is 0.398 e. The van der Waals surface area contributed by atoms with Crippen LogP contribution in [0.25, 0.3) is 0 Å². The van der Waals surface area contributed by atoms with Gasteiger partial charge in [0.25, 0.3) is 11.9 Å². The van der Waals surface area contributed by atoms with Gasteiger partial charge in [0.2, 0.25) is 0 Å². The molecule has 88 valence electrons. The Kier molecular flexibility index (Phi) is 2.69. The second kappa shape index (κ2) is 4.16. The molecule has 2 aromatic rings. The van der Waals surface area contributed by atoms with Gasteiger partial charge in [-0.25, -0.2) is 4.39 Å². The third-order valence-electron chi connectivity index (χ3n) is 1.99. The molecule has 3 N–H and O–H groups in total. The van der Waals surface area contributed by atoms with Crippen LogP contribution in [0.15, 0.2) is 18.2 Å². The Morgan fingerprint density at radius 1 is 1.53 bits per heavy atom. The van der Waals surface area contributed by atoms with Gasteiger partial charge in [-0.2, -0.15) is 4.80 Å². The number of aryl methyl sites for hydroxylation is 1. The van der Waals surface area contributed by atoms with Gasteiger partial charge in [-0.3, -0.25) is 10.1 Å². The van der Waals surface area contributed by atoms with Crippen LogP contribution in [0.2, 0.25) is 0 Å². The lowest BCUT2D eigenvalue weighted by atomic mass is 10.1. The minimum atomic E-state index is -0.588. The van der Waals surface area contributed by atoms with Crippen molar-refractivity contribution in [2.45, 2.75) is 0 Å². The zero-order valence-corrected chi connectivity index (χ0v) is 8.88. The predicted octanol–water partition coefficient (Wildman–Crippen LogP) is 0.184. The van der Waals surface area contributed by atoms with Gasteiger partial charge < -0.3 is 5.73 Å². The highest BCUT2D eigenvalue weighted by atomic mass is 19.1. The van der Waals surface area contributed by atoms with Crippen LogP contribution in [0.4, 0.5) is 16.0 Å². The fourth-order valence-corrected chi connectivity index (χ4v) is 1.23. The number of nitrogen functional groups attached to an aromatic ring is 1. The molecular formula is C9H9FN6O. The highest BCUT2D eigenvalue weighted by Gasteiger charge is 2.13. The number of carbonyl (C=O) groups is 1. The van der Waals surface area contributed by atoms with E-state index in [4.69, 9.17) is 5.73 Å². The van der Waals surface area contributed by atoms with E-state index in [9.17, 15) is 9.18 Å². The van der Waals surface area contributed by atoms with Crippen LogP contribution in [0.5, 0.6) is 0 Å². The second-order valence-electron chi connectivity index (χ2n) is 3.29. The third kappa shape index (κ3) is 2.36. The van der Waals surface area contributed by atoms with E-state index in [0.29, 0.717) is 0 Å². The molecule has 1 amide bonds. The quantitative estimate of drug-likeness (QED) is 0.725. The Morgan fingerprint density at radius 2 is 2.29 bits per heavy atom. The number of halogens is 1. The van der Waals surface area contributed by atoms with Gasteiger partial charge in [-0.15, -0.1) is 5.10 Å². The molecule has 0 fully saturated rings. The molecule has 7 nitrogen and oxygen atoms in total. The van der Waals surface area contributed by atoms with E-state index in [1.807, 2.05) is 0 Å². The molecular weight excluding hydrogens is 227 g/mol. The number of aromatic nitrogens is 4. The molecule has 0 spiro atoms. The number of hydrogen-bond donors (Lipinski definition) is 2. The van der Waals surface area contributed by atoms with Gasteiger partial charge in [-0.05, 0) is 23.4 Å². The maximum atomic E-state index is 13.0. The van der Waals surface area contributed by atoms with Crippen molar-refractivity contribution in [2.75, 3.05) is 11.1 Å². The number of nitrogens with two attached hydrogens (primary N) is 1. The SMILES string of the molecule is Cn1nnc(NC(=O)c2cc(F)ccc2N)n1. The maximum absolute atomic E-state index is 13.0. The number of anilines is 2. The summed E-state index contributed by atoms with van der Waals surface area (Å²) in [5.41, 5.74) is 5.76. The molecule has 0 aliphatic heterocycles. The zero-order chi connectivity index (χ0) is 12.4. The van der Waals surface area contributed by atoms with Gasteiger partial charge >= 0.3 is 0 Å². The molecule has 0 atom stereocenters. The van der Waals surface area contributed by atoms with Crippen molar-refractivity contribution in [3.63, 3.8) is 0 Å². The highest BCUT2D eigenvalue weighted by molar-refractivity contribution is 6.06. The highest BCUT2D eigenvalue weighted by Crippen LogP contribution is 2.14. The molecule has 0 saturated heterocycles. The summed E-state index contributed by atoms with van der Waals surface area (Å²) in [6.07, 6.45) is 0. The van der Waals surface area contributed by atoms with E-state index in [2.05, 4.69) is 20.7 Å². The Labute approximate surface area is 95.4 Å². The topological polar surface area (TPSA) is 98.7 Å². The Balaban J connectivity index is 2.22. The lowest BCUT2D eigenvalue weighted by molar-refractivity contribution is 0.102. The first kappa shape index (κ1) is 11.0. The maximum Gasteiger partial charge on any atom is 0.270 e. The van der Waals surface area contributed by atoms with Crippen LogP contribution in [0, 0.1) is 5.82 Å². The number of tetrazole rings is 1. The normalized spacial score (nSPS) is 10.2. The number of carbonyl (C=O) groups excluding carboxylic acids is 1. The van der Waals surface area contributed by atoms with Crippen molar-refractivity contribution in [1.29, 1.82) is 0 Å². The number of amides is 1. The Bertz CT molecular complexity index is 566. The van der Waals surface area contributed by atoms with Crippen LogP contribution < -0.4 is 11.1 Å². The Hall–Kier alpha value is -2.51. The molecule has 8 heteroatoms. The van der Waals surface area contributed by atoms with Gasteiger partial charge in [0.15, 0.2) is 0 Å². The average Bonchev–Trinajstić information content (AvgIpc) is 2.67. The summed E-state index contributed by atoms with van der Waals surface area (Å²) in [7, 11) is 1.55. The van der Waals surface area contributed by atoms with Crippen molar-refractivity contribution in [1.82, 2.24) is 20.2 Å². The molecule has 1 aromatic heterocycles. The van der Waals surface area contributed by atoms with Crippen LogP contribution in [-0.2, 0) is 7.05 Å². The van der Waals surface area contributed by atoms with Crippen molar-refractivity contribution < 1.29 is 9.18 Å². The molecule has 0 radical (unpaired) electrons. The van der Waals surface area contributed by atoms with Gasteiger partial charge in [0.05, 0.1) is 12.6 Å². The third-order valence-corrected chi connectivity index (χ3v) is 1.99. The smallest absolute Gasteiger partial charge is 0.270 e. The minimum Gasteiger partial charge on any atom is -0.398 e. The van der Waals surface area contributed by atoms with Crippen LogP contribution in [0.3, 0.4) is 0 Å². The van der Waals surface area contributed by atoms with E-state index < -0.39 is 11.7 Å². The predicted molar refractivity (Wildman–Crippen MR) is 57.6 cm³/mol. The van der Waals surface area contributed by atoms with Crippen LogP contribution in [-0.4, -0.2) is 26.1 Å². The number of nitrogens with zero attached hydrogens (tertiary/aromatic N) is 4. The standard InChI is InChI=1S/C9H9FN6O/c1-16-14-9(13-15-16)12-8(17)6-4-5(10)2-3-7(6)11/h2-4H,11H2,1H3,(H,12,14,17). The fourth-order valence-electron chi connectivity index (χ4n) is 1.23. The summed E-state index contributed by atoms with van der Waals surface area (Å²) in [5, 5.41) is 13.2. The number of benzene rings is 1. The van der Waals surface area contributed by atoms with E-state index >= 15 is 0 Å². The summed E-state index contributed by atoms with van der Waals surface area (Å²) in [6.45, 7) is 0. The molecule has 1 aromatic carbocycles. The monoisotopic (exact) mass is 236 g/mol. The van der Waals surface area contributed by atoms with Crippen molar-refractivity contribution >= 4 is 17.5 Å². The second-order valence-corrected chi connectivity index (χ2v) is 3.29. The van der Waals surface area contributed by atoms with Gasteiger partial charge in [0, 0.05) is 5.69 Å². The number of hydrogen-bond acceptors (Lipinski definition) is 5. The van der Waals surface area contributed by atoms with E-state index in [1.165, 1.54) is 16.9 Å². The number of nitrogens with one attached hydrogen (secondary N) is 1. The summed E-state index contributed by atoms with van der Waals surface area (Å²) in [4.78, 5) is 12.9. The fraction of sp³-hybridized carbons (Fsp3) is 0.111. The zero-order valence-electron chi connectivity index (χ0n) is 8.88. The van der Waals surface area contributed by atoms with Crippen molar-refractivity contribution in [3.8, 4) is 0 Å². The van der Waals surface area contributed by atoms with Crippen molar-refractivity contribution in [2.24, 2.45) is 7.05 Å². The molecule has 0 unspecified atom stereocenters. The molecule has 1 heterocycles. The summed E-state index contributed by atoms with van der Waals surface area (Å²) >= 11 is 0. The van der Waals surface area contributed by atoms with E-state index in [0.717, 1.165) is 6.07 Å². The van der Waals surface area contributed by atoms with E-state index in [1.54, 1.807) is 7.05 Å². The van der Waals surface area contributed by atoms with E-state index in [-0.39, 0.29) is 17.2 Å². The molecule has 0 aliphatic rings. The summed E-state index contributed by atoms with van der Waals surface area (Å²) < 4.78 is 13.0. The van der Waals surface area contributed by atoms with Crippen LogP contribution in [0.1, 0.15) is 10.4 Å². The minimum absolute atomic E-state index is 0.0254. The number of rotatable bonds is 2. The van der Waals surface area contributed by atoms with Gasteiger partial charge in [-0.1, -0.05) is 5.10 Å². The van der Waals surface area contributed by atoms with Gasteiger partial charge in [0.1, 0.15) is 5.82 Å². The summed E-state index contributed by atoms with van der Waals surface area (Å²) in [6, 6.07) is 3.53. The van der Waals surface area contributed by atoms with Crippen molar-refractivity contribution in [3.05, 3.63) is 29.6 Å². The lowest BCUT2D eigenvalue weighted by Gasteiger charge is -2.04. The first-order chi connectivity index (χ1) is 8.06. The molecule has 2 rings (SSSR count). The lowest BCUT2D eigenvalue weighted by Crippen LogP contribution is -2.15. The summed E-state index contributed by atoms with van der Waals surface area (Å²) in [5.74, 6) is -1.10. The van der Waals surface area contributed by atoms with Crippen LogP contribution >= 0.6 is 0 Å². The first-order valence-corrected chi connectivity index (χ1v) is 4.66.